The van der Waals surface area contributed by atoms with Crippen LogP contribution in [-0.2, 0) is 13.1 Å². The number of hydrogen-bond donors (Lipinski definition) is 1. The maximum Gasteiger partial charge on any atom is 0.243 e. The molecule has 0 aliphatic heterocycles. The minimum atomic E-state index is 0.714. The van der Waals surface area contributed by atoms with Crippen LogP contribution in [0.5, 0.6) is 0 Å². The predicted octanol–water partition coefficient (Wildman–Crippen LogP) is 1.61. The maximum atomic E-state index is 3.92. The van der Waals surface area contributed by atoms with E-state index in [4.69, 9.17) is 0 Å². The molecule has 5 nitrogen and oxygen atoms in total. The third-order valence-electron chi connectivity index (χ3n) is 2.53. The van der Waals surface area contributed by atoms with E-state index in [9.17, 15) is 0 Å². The summed E-state index contributed by atoms with van der Waals surface area (Å²) in [6, 6.07) is 8.27. The summed E-state index contributed by atoms with van der Waals surface area (Å²) >= 11 is 0. The molecule has 16 heavy (non-hydrogen) atoms. The van der Waals surface area contributed by atoms with E-state index in [0.717, 1.165) is 13.1 Å². The molecule has 0 saturated carbocycles. The molecule has 0 spiro atoms. The maximum absolute atomic E-state index is 3.92. The van der Waals surface area contributed by atoms with Crippen LogP contribution in [0.25, 0.3) is 0 Å². The summed E-state index contributed by atoms with van der Waals surface area (Å²) in [5.41, 5.74) is 2.53. The molecular weight excluding hydrogens is 202 g/mol. The third-order valence-corrected chi connectivity index (χ3v) is 2.53. The zero-order chi connectivity index (χ0) is 11.4. The third kappa shape index (κ3) is 2.18. The van der Waals surface area contributed by atoms with E-state index in [1.807, 2.05) is 19.1 Å². The Bertz CT molecular complexity index is 463. The average molecular weight is 217 g/mol. The van der Waals surface area contributed by atoms with Gasteiger partial charge >= 0.3 is 0 Å². The Balaban J connectivity index is 2.05. The van der Waals surface area contributed by atoms with Gasteiger partial charge in [0.15, 0.2) is 0 Å². The molecule has 5 heteroatoms. The first kappa shape index (κ1) is 10.6. The summed E-state index contributed by atoms with van der Waals surface area (Å²) in [7, 11) is 0. The van der Waals surface area contributed by atoms with Crippen molar-refractivity contribution >= 4 is 5.95 Å². The van der Waals surface area contributed by atoms with Gasteiger partial charge in [0.2, 0.25) is 5.95 Å². The summed E-state index contributed by atoms with van der Waals surface area (Å²) in [6.45, 7) is 5.62. The van der Waals surface area contributed by atoms with Crippen molar-refractivity contribution in [1.82, 2.24) is 20.2 Å². The fraction of sp³-hybridized carbons (Fsp3) is 0.364. The molecule has 0 aliphatic rings. The highest BCUT2D eigenvalue weighted by molar-refractivity contribution is 5.30. The van der Waals surface area contributed by atoms with Crippen molar-refractivity contribution in [2.75, 3.05) is 5.32 Å². The molecule has 0 fully saturated rings. The zero-order valence-electron chi connectivity index (χ0n) is 9.51. The number of aromatic nitrogens is 4. The lowest BCUT2D eigenvalue weighted by Crippen LogP contribution is -2.08. The SMILES string of the molecule is CCn1nnnc1NCc1ccccc1C. The van der Waals surface area contributed by atoms with Gasteiger partial charge in [-0.15, -0.1) is 0 Å². The standard InChI is InChI=1S/C11H15N5/c1-3-16-11(13-14-15-16)12-8-10-7-5-4-6-9(10)2/h4-7H,3,8H2,1-2H3,(H,12,13,15). The summed E-state index contributed by atoms with van der Waals surface area (Å²) in [4.78, 5) is 0. The number of nitrogens with zero attached hydrogens (tertiary/aromatic N) is 4. The van der Waals surface area contributed by atoms with Crippen molar-refractivity contribution in [2.24, 2.45) is 0 Å². The molecular formula is C11H15N5. The Morgan fingerprint density at radius 2 is 2.12 bits per heavy atom. The molecule has 0 unspecified atom stereocenters. The Kier molecular flexibility index (Phi) is 3.14. The van der Waals surface area contributed by atoms with E-state index in [-0.39, 0.29) is 0 Å². The van der Waals surface area contributed by atoms with E-state index >= 15 is 0 Å². The van der Waals surface area contributed by atoms with Crippen molar-refractivity contribution in [3.8, 4) is 0 Å². The van der Waals surface area contributed by atoms with Crippen molar-refractivity contribution in [3.63, 3.8) is 0 Å². The molecule has 0 radical (unpaired) electrons. The second kappa shape index (κ2) is 4.74. The summed E-state index contributed by atoms with van der Waals surface area (Å²) in [5, 5.41) is 14.6. The van der Waals surface area contributed by atoms with E-state index in [0.29, 0.717) is 5.95 Å². The van der Waals surface area contributed by atoms with Gasteiger partial charge in [0.25, 0.3) is 0 Å². The highest BCUT2D eigenvalue weighted by atomic mass is 15.6. The monoisotopic (exact) mass is 217 g/mol. The fourth-order valence-corrected chi connectivity index (χ4v) is 1.53. The van der Waals surface area contributed by atoms with E-state index < -0.39 is 0 Å². The van der Waals surface area contributed by atoms with Crippen molar-refractivity contribution in [1.29, 1.82) is 0 Å². The number of anilines is 1. The molecule has 1 aromatic carbocycles. The van der Waals surface area contributed by atoms with Crippen LogP contribution >= 0.6 is 0 Å². The van der Waals surface area contributed by atoms with Crippen LogP contribution in [0.2, 0.25) is 0 Å². The summed E-state index contributed by atoms with van der Waals surface area (Å²) < 4.78 is 1.73. The van der Waals surface area contributed by atoms with Crippen LogP contribution in [0.15, 0.2) is 24.3 Å². The van der Waals surface area contributed by atoms with Crippen molar-refractivity contribution in [3.05, 3.63) is 35.4 Å². The van der Waals surface area contributed by atoms with Gasteiger partial charge in [0.05, 0.1) is 0 Å². The molecule has 2 aromatic rings. The number of nitrogens with one attached hydrogen (secondary N) is 1. The van der Waals surface area contributed by atoms with Crippen LogP contribution in [0.1, 0.15) is 18.1 Å². The van der Waals surface area contributed by atoms with Gasteiger partial charge < -0.3 is 5.32 Å². The second-order valence-corrected chi connectivity index (χ2v) is 3.60. The van der Waals surface area contributed by atoms with Gasteiger partial charge in [0.1, 0.15) is 0 Å². The highest BCUT2D eigenvalue weighted by Crippen LogP contribution is 2.09. The molecule has 1 N–H and O–H groups in total. The quantitative estimate of drug-likeness (QED) is 0.845. The minimum Gasteiger partial charge on any atom is -0.349 e. The van der Waals surface area contributed by atoms with E-state index in [1.54, 1.807) is 4.68 Å². The zero-order valence-corrected chi connectivity index (χ0v) is 9.51. The van der Waals surface area contributed by atoms with Crippen molar-refractivity contribution < 1.29 is 0 Å². The first-order valence-electron chi connectivity index (χ1n) is 5.36. The van der Waals surface area contributed by atoms with Crippen LogP contribution in [0, 0.1) is 6.92 Å². The highest BCUT2D eigenvalue weighted by Gasteiger charge is 2.03. The Morgan fingerprint density at radius 3 is 2.88 bits per heavy atom. The van der Waals surface area contributed by atoms with Gasteiger partial charge in [-0.1, -0.05) is 29.4 Å². The molecule has 0 bridgehead atoms. The smallest absolute Gasteiger partial charge is 0.243 e. The second-order valence-electron chi connectivity index (χ2n) is 3.60. The van der Waals surface area contributed by atoms with E-state index in [2.05, 4.69) is 39.9 Å². The average Bonchev–Trinajstić information content (AvgIpc) is 2.75. The summed E-state index contributed by atoms with van der Waals surface area (Å²) in [5.74, 6) is 0.714. The number of hydrogen-bond acceptors (Lipinski definition) is 4. The topological polar surface area (TPSA) is 55.6 Å². The molecule has 0 atom stereocenters. The first-order valence-corrected chi connectivity index (χ1v) is 5.36. The molecule has 1 aromatic heterocycles. The Labute approximate surface area is 94.5 Å². The molecule has 0 saturated heterocycles. The Hall–Kier alpha value is -1.91. The number of benzene rings is 1. The van der Waals surface area contributed by atoms with Crippen LogP contribution in [0.3, 0.4) is 0 Å². The molecule has 0 amide bonds. The normalized spacial score (nSPS) is 10.4. The minimum absolute atomic E-state index is 0.714. The first-order chi connectivity index (χ1) is 7.81. The lowest BCUT2D eigenvalue weighted by Gasteiger charge is -2.07. The van der Waals surface area contributed by atoms with Crippen LogP contribution in [-0.4, -0.2) is 20.2 Å². The predicted molar refractivity (Wildman–Crippen MR) is 62.0 cm³/mol. The lowest BCUT2D eigenvalue weighted by molar-refractivity contribution is 0.629. The largest absolute Gasteiger partial charge is 0.349 e. The molecule has 84 valence electrons. The van der Waals surface area contributed by atoms with Crippen LogP contribution < -0.4 is 5.32 Å². The fourth-order valence-electron chi connectivity index (χ4n) is 1.53. The molecule has 1 heterocycles. The number of rotatable bonds is 4. The van der Waals surface area contributed by atoms with Gasteiger partial charge in [-0.25, -0.2) is 4.68 Å². The Morgan fingerprint density at radius 1 is 1.31 bits per heavy atom. The number of tetrazole rings is 1. The van der Waals surface area contributed by atoms with Crippen LogP contribution in [0.4, 0.5) is 5.95 Å². The van der Waals surface area contributed by atoms with Gasteiger partial charge in [-0.05, 0) is 35.4 Å². The van der Waals surface area contributed by atoms with Crippen molar-refractivity contribution in [2.45, 2.75) is 26.9 Å². The number of aryl methyl sites for hydroxylation is 2. The van der Waals surface area contributed by atoms with Gasteiger partial charge in [0, 0.05) is 13.1 Å². The summed E-state index contributed by atoms with van der Waals surface area (Å²) in [6.07, 6.45) is 0. The lowest BCUT2D eigenvalue weighted by atomic mass is 10.1. The molecule has 2 rings (SSSR count). The van der Waals surface area contributed by atoms with E-state index in [1.165, 1.54) is 11.1 Å². The molecule has 0 aliphatic carbocycles. The van der Waals surface area contributed by atoms with Gasteiger partial charge in [-0.3, -0.25) is 0 Å². The van der Waals surface area contributed by atoms with Gasteiger partial charge in [-0.2, -0.15) is 0 Å².